The van der Waals surface area contributed by atoms with Crippen molar-refractivity contribution in [3.63, 3.8) is 0 Å². The third-order valence-corrected chi connectivity index (χ3v) is 1.60. The average Bonchev–Trinajstić information content (AvgIpc) is 1.96. The largest absolute Gasteiger partial charge is 0.481 e. The van der Waals surface area contributed by atoms with Crippen LogP contribution in [0.2, 0.25) is 5.02 Å². The number of carboxylic acids is 1. The number of hydrogen-bond donors (Lipinski definition) is 2. The maximum absolute atomic E-state index is 10.3. The maximum Gasteiger partial charge on any atom is 0.309 e. The summed E-state index contributed by atoms with van der Waals surface area (Å²) in [6.45, 7) is 0. The minimum Gasteiger partial charge on any atom is -0.481 e. The fourth-order valence-corrected chi connectivity index (χ4v) is 0.907. The minimum absolute atomic E-state index is 0.139. The third kappa shape index (κ3) is 2.10. The lowest BCUT2D eigenvalue weighted by Gasteiger charge is -1.99. The number of nitrogen functional groups attached to an aromatic ring is 1. The molecule has 0 spiro atoms. The minimum atomic E-state index is -0.941. The summed E-state index contributed by atoms with van der Waals surface area (Å²) in [6.07, 6.45) is 1.21. The number of halogens is 1. The first kappa shape index (κ1) is 8.80. The van der Waals surface area contributed by atoms with Gasteiger partial charge in [0.1, 0.15) is 0 Å². The number of aliphatic carboxylic acids is 1. The number of hydrogen-bond acceptors (Lipinski definition) is 3. The molecule has 0 radical (unpaired) electrons. The van der Waals surface area contributed by atoms with E-state index in [-0.39, 0.29) is 6.42 Å². The normalized spacial score (nSPS) is 9.75. The second kappa shape index (κ2) is 3.40. The number of nitrogens with two attached hydrogens (primary N) is 1. The molecule has 1 aromatic rings. The molecule has 0 aliphatic carbocycles. The number of pyridine rings is 1. The Morgan fingerprint density at radius 3 is 2.92 bits per heavy atom. The van der Waals surface area contributed by atoms with E-state index in [4.69, 9.17) is 22.4 Å². The van der Waals surface area contributed by atoms with Crippen LogP contribution in [0.5, 0.6) is 0 Å². The number of rotatable bonds is 2. The van der Waals surface area contributed by atoms with Gasteiger partial charge < -0.3 is 10.8 Å². The molecule has 0 bridgehead atoms. The van der Waals surface area contributed by atoms with E-state index >= 15 is 0 Å². The molecule has 1 rings (SSSR count). The second-order valence-electron chi connectivity index (χ2n) is 2.27. The van der Waals surface area contributed by atoms with E-state index < -0.39 is 5.97 Å². The zero-order valence-electron chi connectivity index (χ0n) is 6.12. The lowest BCUT2D eigenvalue weighted by molar-refractivity contribution is -0.136. The van der Waals surface area contributed by atoms with Gasteiger partial charge in [0.15, 0.2) is 0 Å². The predicted molar refractivity (Wildman–Crippen MR) is 45.0 cm³/mol. The third-order valence-electron chi connectivity index (χ3n) is 1.27. The molecule has 4 nitrogen and oxygen atoms in total. The van der Waals surface area contributed by atoms with Gasteiger partial charge >= 0.3 is 5.97 Å². The lowest BCUT2D eigenvalue weighted by Crippen LogP contribution is -2.02. The molecule has 0 aliphatic rings. The van der Waals surface area contributed by atoms with E-state index in [1.807, 2.05) is 0 Å². The van der Waals surface area contributed by atoms with Crippen LogP contribution in [0.1, 0.15) is 5.69 Å². The van der Waals surface area contributed by atoms with E-state index in [1.54, 1.807) is 0 Å². The van der Waals surface area contributed by atoms with Gasteiger partial charge in [0.05, 0.1) is 29.0 Å². The van der Waals surface area contributed by atoms with Crippen molar-refractivity contribution in [1.29, 1.82) is 0 Å². The molecule has 64 valence electrons. The molecule has 0 fully saturated rings. The molecule has 0 aliphatic heterocycles. The van der Waals surface area contributed by atoms with E-state index in [0.717, 1.165) is 0 Å². The van der Waals surface area contributed by atoms with Crippen LogP contribution >= 0.6 is 11.6 Å². The Hall–Kier alpha value is -1.29. The van der Waals surface area contributed by atoms with Gasteiger partial charge in [-0.2, -0.15) is 0 Å². The summed E-state index contributed by atoms with van der Waals surface area (Å²) in [5.74, 6) is -0.941. The highest BCUT2D eigenvalue weighted by Crippen LogP contribution is 2.17. The molecule has 1 aromatic heterocycles. The highest BCUT2D eigenvalue weighted by atomic mass is 35.5. The van der Waals surface area contributed by atoms with Gasteiger partial charge in [0.25, 0.3) is 0 Å². The van der Waals surface area contributed by atoms with Crippen LogP contribution in [0.3, 0.4) is 0 Å². The highest BCUT2D eigenvalue weighted by Gasteiger charge is 2.03. The van der Waals surface area contributed by atoms with Crippen molar-refractivity contribution in [2.75, 3.05) is 5.73 Å². The summed E-state index contributed by atoms with van der Waals surface area (Å²) < 4.78 is 0. The van der Waals surface area contributed by atoms with Gasteiger partial charge in [-0.1, -0.05) is 11.6 Å². The SMILES string of the molecule is Nc1cnc(CC(=O)O)cc1Cl. The Kier molecular flexibility index (Phi) is 2.50. The van der Waals surface area contributed by atoms with Gasteiger partial charge in [-0.05, 0) is 6.07 Å². The van der Waals surface area contributed by atoms with E-state index in [2.05, 4.69) is 4.98 Å². The Morgan fingerprint density at radius 1 is 1.75 bits per heavy atom. The quantitative estimate of drug-likeness (QED) is 0.721. The summed E-state index contributed by atoms with van der Waals surface area (Å²) >= 11 is 5.64. The van der Waals surface area contributed by atoms with Crippen LogP contribution in [-0.4, -0.2) is 16.1 Å². The zero-order valence-corrected chi connectivity index (χ0v) is 6.88. The van der Waals surface area contributed by atoms with Crippen molar-refractivity contribution in [3.05, 3.63) is 23.0 Å². The van der Waals surface area contributed by atoms with Gasteiger partial charge in [-0.25, -0.2) is 0 Å². The number of anilines is 1. The van der Waals surface area contributed by atoms with Crippen molar-refractivity contribution < 1.29 is 9.90 Å². The molecule has 3 N–H and O–H groups in total. The first-order valence-corrected chi connectivity index (χ1v) is 3.59. The summed E-state index contributed by atoms with van der Waals surface area (Å²) in [7, 11) is 0. The van der Waals surface area contributed by atoms with Crippen LogP contribution in [0.15, 0.2) is 12.3 Å². The molecule has 0 saturated heterocycles. The summed E-state index contributed by atoms with van der Waals surface area (Å²) in [5, 5.41) is 8.75. The smallest absolute Gasteiger partial charge is 0.309 e. The molecule has 0 aromatic carbocycles. The van der Waals surface area contributed by atoms with Crippen LogP contribution in [-0.2, 0) is 11.2 Å². The first-order valence-electron chi connectivity index (χ1n) is 3.21. The molecular formula is C7H7ClN2O2. The van der Waals surface area contributed by atoms with Crippen LogP contribution in [0.25, 0.3) is 0 Å². The van der Waals surface area contributed by atoms with E-state index in [9.17, 15) is 4.79 Å². The van der Waals surface area contributed by atoms with Crippen LogP contribution in [0, 0.1) is 0 Å². The molecule has 0 amide bonds. The highest BCUT2D eigenvalue weighted by molar-refractivity contribution is 6.33. The Morgan fingerprint density at radius 2 is 2.42 bits per heavy atom. The molecule has 1 heterocycles. The number of carbonyl (C=O) groups is 1. The number of nitrogens with zero attached hydrogens (tertiary/aromatic N) is 1. The fourth-order valence-electron chi connectivity index (χ4n) is 0.733. The second-order valence-corrected chi connectivity index (χ2v) is 2.67. The molecule has 0 unspecified atom stereocenters. The molecular weight excluding hydrogens is 180 g/mol. The van der Waals surface area contributed by atoms with Crippen molar-refractivity contribution in [3.8, 4) is 0 Å². The maximum atomic E-state index is 10.3. The van der Waals surface area contributed by atoms with Crippen LogP contribution < -0.4 is 5.73 Å². The lowest BCUT2D eigenvalue weighted by atomic mass is 10.2. The zero-order chi connectivity index (χ0) is 9.14. The summed E-state index contributed by atoms with van der Waals surface area (Å²) in [4.78, 5) is 14.0. The van der Waals surface area contributed by atoms with Crippen molar-refractivity contribution in [2.45, 2.75) is 6.42 Å². The van der Waals surface area contributed by atoms with Crippen molar-refractivity contribution in [2.24, 2.45) is 0 Å². The Bertz CT molecular complexity index is 314. The molecule has 12 heavy (non-hydrogen) atoms. The monoisotopic (exact) mass is 186 g/mol. The van der Waals surface area contributed by atoms with Gasteiger partial charge in [0, 0.05) is 0 Å². The van der Waals surface area contributed by atoms with Crippen molar-refractivity contribution in [1.82, 2.24) is 4.98 Å². The summed E-state index contributed by atoms with van der Waals surface area (Å²) in [6, 6.07) is 1.45. The number of carboxylic acid groups (broad SMARTS) is 1. The summed E-state index contributed by atoms with van der Waals surface area (Å²) in [5.41, 5.74) is 6.13. The average molecular weight is 187 g/mol. The fraction of sp³-hybridized carbons (Fsp3) is 0.143. The van der Waals surface area contributed by atoms with E-state index in [0.29, 0.717) is 16.4 Å². The number of aromatic nitrogens is 1. The topological polar surface area (TPSA) is 76.2 Å². The standard InChI is InChI=1S/C7H7ClN2O2/c8-5-1-4(2-7(11)12)10-3-6(5)9/h1,3H,2,9H2,(H,11,12). The molecule has 5 heteroatoms. The predicted octanol–water partition coefficient (Wildman–Crippen LogP) is 0.944. The van der Waals surface area contributed by atoms with Gasteiger partial charge in [0.2, 0.25) is 0 Å². The first-order chi connectivity index (χ1) is 5.59. The van der Waals surface area contributed by atoms with E-state index in [1.165, 1.54) is 12.3 Å². The van der Waals surface area contributed by atoms with Gasteiger partial charge in [-0.3, -0.25) is 9.78 Å². The Balaban J connectivity index is 2.89. The van der Waals surface area contributed by atoms with Crippen molar-refractivity contribution >= 4 is 23.3 Å². The molecule has 0 saturated carbocycles. The van der Waals surface area contributed by atoms with Crippen LogP contribution in [0.4, 0.5) is 5.69 Å². The Labute approximate surface area is 74.0 Å². The molecule has 0 atom stereocenters. The van der Waals surface area contributed by atoms with Gasteiger partial charge in [-0.15, -0.1) is 0 Å².